The van der Waals surface area contributed by atoms with E-state index in [4.69, 9.17) is 0 Å². The van der Waals surface area contributed by atoms with Gasteiger partial charge in [0.2, 0.25) is 0 Å². The summed E-state index contributed by atoms with van der Waals surface area (Å²) in [5, 5.41) is 6.45. The largest absolute Gasteiger partial charge is 0.152 e. The summed E-state index contributed by atoms with van der Waals surface area (Å²) in [6.07, 6.45) is 0. The van der Waals surface area contributed by atoms with Crippen LogP contribution < -0.4 is 0 Å². The lowest BCUT2D eigenvalue weighted by Gasteiger charge is -1.92. The van der Waals surface area contributed by atoms with Gasteiger partial charge in [-0.2, -0.15) is 11.3 Å². The molecule has 0 radical (unpaired) electrons. The molecule has 2 rings (SSSR count). The van der Waals surface area contributed by atoms with E-state index in [0.717, 1.165) is 0 Å². The molecule has 0 saturated heterocycles. The average Bonchev–Trinajstić information content (AvgIpc) is 2.55. The lowest BCUT2D eigenvalue weighted by atomic mass is 10.2. The Morgan fingerprint density at radius 3 is 2.64 bits per heavy atom. The molecule has 0 spiro atoms. The third-order valence-electron chi connectivity index (χ3n) is 1.65. The molecule has 2 heteroatoms. The Bertz CT molecular complexity index is 330. The van der Waals surface area contributed by atoms with E-state index in [-0.39, 0.29) is 0 Å². The van der Waals surface area contributed by atoms with Gasteiger partial charge in [-0.25, -0.2) is 0 Å². The molecule has 0 N–H and O–H groups in total. The van der Waals surface area contributed by atoms with Crippen LogP contribution in [0.2, 0.25) is 0 Å². The molecule has 2 heterocycles. The Hall–Kier alpha value is -0.600. The first-order valence-electron chi connectivity index (χ1n) is 3.44. The molecular weight excluding hydrogens is 172 g/mol. The van der Waals surface area contributed by atoms with Crippen molar-refractivity contribution < 1.29 is 0 Å². The summed E-state index contributed by atoms with van der Waals surface area (Å²) in [6.45, 7) is 2.16. The molecule has 11 heavy (non-hydrogen) atoms. The van der Waals surface area contributed by atoms with Gasteiger partial charge in [0.25, 0.3) is 0 Å². The van der Waals surface area contributed by atoms with Crippen LogP contribution in [0.15, 0.2) is 28.3 Å². The maximum atomic E-state index is 2.19. The van der Waals surface area contributed by atoms with Crippen molar-refractivity contribution in [2.45, 2.75) is 6.92 Å². The molecule has 0 nitrogen and oxygen atoms in total. The molecular formula is C9H8S2. The van der Waals surface area contributed by atoms with Gasteiger partial charge in [-0.3, -0.25) is 0 Å². The number of hydrogen-bond donors (Lipinski definition) is 0. The van der Waals surface area contributed by atoms with Crippen LogP contribution in [-0.2, 0) is 0 Å². The van der Waals surface area contributed by atoms with Crippen LogP contribution in [-0.4, -0.2) is 0 Å². The quantitative estimate of drug-likeness (QED) is 0.626. The second kappa shape index (κ2) is 2.80. The van der Waals surface area contributed by atoms with E-state index in [0.29, 0.717) is 0 Å². The first-order valence-corrected chi connectivity index (χ1v) is 5.27. The minimum Gasteiger partial charge on any atom is -0.152 e. The van der Waals surface area contributed by atoms with E-state index in [1.54, 1.807) is 11.3 Å². The number of rotatable bonds is 1. The zero-order valence-corrected chi connectivity index (χ0v) is 7.84. The summed E-state index contributed by atoms with van der Waals surface area (Å²) in [5.41, 5.74) is 2.75. The van der Waals surface area contributed by atoms with Crippen molar-refractivity contribution in [3.8, 4) is 10.4 Å². The summed E-state index contributed by atoms with van der Waals surface area (Å²) in [4.78, 5) is 1.41. The number of aryl methyl sites for hydroxylation is 1. The number of hydrogen-bond acceptors (Lipinski definition) is 2. The highest BCUT2D eigenvalue weighted by Crippen LogP contribution is 2.30. The Labute approximate surface area is 74.1 Å². The molecule has 0 fully saturated rings. The van der Waals surface area contributed by atoms with Gasteiger partial charge in [0.1, 0.15) is 0 Å². The molecule has 0 bridgehead atoms. The van der Waals surface area contributed by atoms with Crippen molar-refractivity contribution in [3.05, 3.63) is 33.8 Å². The van der Waals surface area contributed by atoms with Gasteiger partial charge in [-0.1, -0.05) is 0 Å². The highest BCUT2D eigenvalue weighted by atomic mass is 32.1. The smallest absolute Gasteiger partial charge is 0.0380 e. The van der Waals surface area contributed by atoms with Crippen LogP contribution in [0.4, 0.5) is 0 Å². The predicted molar refractivity (Wildman–Crippen MR) is 52.4 cm³/mol. The maximum absolute atomic E-state index is 2.19. The molecule has 0 atom stereocenters. The summed E-state index contributed by atoms with van der Waals surface area (Å²) in [5.74, 6) is 0. The Kier molecular flexibility index (Phi) is 1.80. The van der Waals surface area contributed by atoms with Crippen LogP contribution in [0, 0.1) is 6.92 Å². The second-order valence-electron chi connectivity index (χ2n) is 2.44. The predicted octanol–water partition coefficient (Wildman–Crippen LogP) is 3.79. The van der Waals surface area contributed by atoms with E-state index in [1.807, 2.05) is 11.3 Å². The SMILES string of the molecule is Cc1ccsc1-c1ccsc1. The van der Waals surface area contributed by atoms with Crippen LogP contribution in [0.1, 0.15) is 5.56 Å². The lowest BCUT2D eigenvalue weighted by Crippen LogP contribution is -1.67. The first kappa shape index (κ1) is 7.07. The van der Waals surface area contributed by atoms with Crippen molar-refractivity contribution in [3.63, 3.8) is 0 Å². The lowest BCUT2D eigenvalue weighted by molar-refractivity contribution is 1.55. The van der Waals surface area contributed by atoms with Crippen molar-refractivity contribution in [1.29, 1.82) is 0 Å². The number of thiophene rings is 2. The fourth-order valence-corrected chi connectivity index (χ4v) is 2.71. The highest BCUT2D eigenvalue weighted by molar-refractivity contribution is 7.14. The van der Waals surface area contributed by atoms with Gasteiger partial charge in [-0.15, -0.1) is 11.3 Å². The van der Waals surface area contributed by atoms with E-state index >= 15 is 0 Å². The Morgan fingerprint density at radius 2 is 2.09 bits per heavy atom. The van der Waals surface area contributed by atoms with Crippen LogP contribution >= 0.6 is 22.7 Å². The standard InChI is InChI=1S/C9H8S2/c1-7-2-5-11-9(7)8-3-4-10-6-8/h2-6H,1H3. The average molecular weight is 180 g/mol. The molecule has 0 aliphatic rings. The minimum absolute atomic E-state index is 1.36. The van der Waals surface area contributed by atoms with E-state index in [1.165, 1.54) is 16.0 Å². The van der Waals surface area contributed by atoms with E-state index in [9.17, 15) is 0 Å². The van der Waals surface area contributed by atoms with Gasteiger partial charge < -0.3 is 0 Å². The van der Waals surface area contributed by atoms with Crippen LogP contribution in [0.3, 0.4) is 0 Å². The van der Waals surface area contributed by atoms with Crippen molar-refractivity contribution in [2.75, 3.05) is 0 Å². The molecule has 0 amide bonds. The minimum atomic E-state index is 1.36. The molecule has 0 unspecified atom stereocenters. The molecule has 2 aromatic rings. The molecule has 0 saturated carbocycles. The summed E-state index contributed by atoms with van der Waals surface area (Å²) < 4.78 is 0. The fourth-order valence-electron chi connectivity index (χ4n) is 1.06. The third-order valence-corrected chi connectivity index (χ3v) is 3.39. The Morgan fingerprint density at radius 1 is 1.18 bits per heavy atom. The van der Waals surface area contributed by atoms with Crippen LogP contribution in [0.5, 0.6) is 0 Å². The van der Waals surface area contributed by atoms with Gasteiger partial charge in [0.05, 0.1) is 0 Å². The summed E-state index contributed by atoms with van der Waals surface area (Å²) >= 11 is 3.57. The molecule has 2 aromatic heterocycles. The molecule has 0 aliphatic carbocycles. The van der Waals surface area contributed by atoms with Crippen LogP contribution in [0.25, 0.3) is 10.4 Å². The summed E-state index contributed by atoms with van der Waals surface area (Å²) in [6, 6.07) is 4.33. The van der Waals surface area contributed by atoms with Gasteiger partial charge in [0.15, 0.2) is 0 Å². The van der Waals surface area contributed by atoms with E-state index in [2.05, 4.69) is 35.2 Å². The van der Waals surface area contributed by atoms with Crippen molar-refractivity contribution in [2.24, 2.45) is 0 Å². The highest BCUT2D eigenvalue weighted by Gasteiger charge is 2.01. The van der Waals surface area contributed by atoms with Gasteiger partial charge >= 0.3 is 0 Å². The monoisotopic (exact) mass is 180 g/mol. The second-order valence-corrected chi connectivity index (χ2v) is 4.14. The Balaban J connectivity index is 2.53. The zero-order chi connectivity index (χ0) is 7.68. The zero-order valence-electron chi connectivity index (χ0n) is 6.20. The normalized spacial score (nSPS) is 10.3. The summed E-state index contributed by atoms with van der Waals surface area (Å²) in [7, 11) is 0. The van der Waals surface area contributed by atoms with Gasteiger partial charge in [-0.05, 0) is 40.8 Å². The van der Waals surface area contributed by atoms with Gasteiger partial charge in [0, 0.05) is 10.4 Å². The van der Waals surface area contributed by atoms with Crippen molar-refractivity contribution in [1.82, 2.24) is 0 Å². The topological polar surface area (TPSA) is 0 Å². The first-order chi connectivity index (χ1) is 5.38. The third kappa shape index (κ3) is 1.24. The molecule has 0 aliphatic heterocycles. The molecule has 56 valence electrons. The maximum Gasteiger partial charge on any atom is 0.0380 e. The van der Waals surface area contributed by atoms with E-state index < -0.39 is 0 Å². The fraction of sp³-hybridized carbons (Fsp3) is 0.111. The molecule has 0 aromatic carbocycles. The van der Waals surface area contributed by atoms with Crippen molar-refractivity contribution >= 4 is 22.7 Å².